The van der Waals surface area contributed by atoms with Crippen molar-refractivity contribution in [1.29, 1.82) is 0 Å². The molecular formula is C13H16F2NO. The summed E-state index contributed by atoms with van der Waals surface area (Å²) in [4.78, 5) is 2.06. The number of aliphatic hydroxyl groups is 1. The summed E-state index contributed by atoms with van der Waals surface area (Å²) < 4.78 is 26.8. The van der Waals surface area contributed by atoms with Gasteiger partial charge in [-0.1, -0.05) is 0 Å². The minimum Gasteiger partial charge on any atom is -0.396 e. The molecule has 1 saturated heterocycles. The maximum atomic E-state index is 13.7. The van der Waals surface area contributed by atoms with Crippen molar-refractivity contribution in [3.8, 4) is 0 Å². The quantitative estimate of drug-likeness (QED) is 0.873. The lowest BCUT2D eigenvalue weighted by Crippen LogP contribution is -2.26. The molecule has 1 fully saturated rings. The zero-order valence-electron chi connectivity index (χ0n) is 9.57. The molecule has 17 heavy (non-hydrogen) atoms. The fraction of sp³-hybridized carbons (Fsp3) is 0.462. The van der Waals surface area contributed by atoms with Crippen molar-refractivity contribution in [2.75, 3.05) is 19.7 Å². The zero-order valence-corrected chi connectivity index (χ0v) is 9.57. The maximum absolute atomic E-state index is 13.7. The number of likely N-dealkylation sites (tertiary alicyclic amines) is 1. The number of hydrogen-bond acceptors (Lipinski definition) is 2. The van der Waals surface area contributed by atoms with E-state index in [4.69, 9.17) is 5.11 Å². The molecule has 1 radical (unpaired) electrons. The van der Waals surface area contributed by atoms with Gasteiger partial charge in [0.25, 0.3) is 0 Å². The summed E-state index contributed by atoms with van der Waals surface area (Å²) in [6.45, 7) is 1.48. The lowest BCUT2D eigenvalue weighted by Gasteiger charge is -2.24. The smallest absolute Gasteiger partial charge is 0.128 e. The van der Waals surface area contributed by atoms with E-state index in [1.54, 1.807) is 6.42 Å². The summed E-state index contributed by atoms with van der Waals surface area (Å²) in [6.07, 6.45) is 3.54. The van der Waals surface area contributed by atoms with Gasteiger partial charge in [-0.25, -0.2) is 8.78 Å². The Morgan fingerprint density at radius 2 is 2.24 bits per heavy atom. The van der Waals surface area contributed by atoms with E-state index in [0.29, 0.717) is 12.1 Å². The van der Waals surface area contributed by atoms with Crippen LogP contribution in [0.25, 0.3) is 0 Å². The molecule has 0 aliphatic carbocycles. The number of benzene rings is 1. The molecule has 1 aliphatic rings. The highest BCUT2D eigenvalue weighted by molar-refractivity contribution is 5.23. The van der Waals surface area contributed by atoms with Gasteiger partial charge in [0.1, 0.15) is 11.6 Å². The van der Waals surface area contributed by atoms with Crippen LogP contribution in [0.1, 0.15) is 24.4 Å². The molecule has 0 aromatic heterocycles. The molecule has 1 atom stereocenters. The van der Waals surface area contributed by atoms with Gasteiger partial charge in [-0.2, -0.15) is 0 Å². The molecule has 2 nitrogen and oxygen atoms in total. The Morgan fingerprint density at radius 3 is 3.00 bits per heavy atom. The summed E-state index contributed by atoms with van der Waals surface area (Å²) in [5.74, 6) is -0.758. The fourth-order valence-electron chi connectivity index (χ4n) is 2.39. The average Bonchev–Trinajstić information content (AvgIpc) is 2.77. The van der Waals surface area contributed by atoms with Crippen molar-refractivity contribution in [2.45, 2.75) is 18.9 Å². The molecule has 1 aromatic rings. The van der Waals surface area contributed by atoms with Gasteiger partial charge in [0.05, 0.1) is 0 Å². The molecule has 4 heteroatoms. The van der Waals surface area contributed by atoms with Crippen LogP contribution in [-0.2, 0) is 0 Å². The third-order valence-electron chi connectivity index (χ3n) is 3.17. The zero-order chi connectivity index (χ0) is 12.3. The Labute approximate surface area is 99.9 Å². The van der Waals surface area contributed by atoms with Gasteiger partial charge in [0.15, 0.2) is 0 Å². The molecule has 0 saturated carbocycles. The van der Waals surface area contributed by atoms with Crippen molar-refractivity contribution < 1.29 is 13.9 Å². The number of rotatable bonds is 4. The van der Waals surface area contributed by atoms with Gasteiger partial charge in [-0.15, -0.1) is 0 Å². The second kappa shape index (κ2) is 5.56. The van der Waals surface area contributed by atoms with E-state index in [-0.39, 0.29) is 18.5 Å². The standard InChI is InChI=1S/C13H16F2NO/c14-10-4-5-12(15)11(9-10)13-3-1-6-16(13)7-2-8-17/h2,4-5,9,13,17H,1,3,6-8H2/t13-/m1/s1. The molecule has 0 unspecified atom stereocenters. The van der Waals surface area contributed by atoms with Crippen LogP contribution >= 0.6 is 0 Å². The van der Waals surface area contributed by atoms with E-state index in [1.165, 1.54) is 12.1 Å². The molecule has 93 valence electrons. The van der Waals surface area contributed by atoms with E-state index in [2.05, 4.69) is 4.90 Å². The Morgan fingerprint density at radius 1 is 1.41 bits per heavy atom. The molecule has 1 N–H and O–H groups in total. The monoisotopic (exact) mass is 240 g/mol. The lowest BCUT2D eigenvalue weighted by atomic mass is 10.0. The van der Waals surface area contributed by atoms with E-state index >= 15 is 0 Å². The maximum Gasteiger partial charge on any atom is 0.128 e. The minimum atomic E-state index is -0.403. The first-order valence-corrected chi connectivity index (χ1v) is 5.84. The van der Waals surface area contributed by atoms with Crippen molar-refractivity contribution in [2.24, 2.45) is 0 Å². The topological polar surface area (TPSA) is 23.5 Å². The second-order valence-electron chi connectivity index (χ2n) is 4.29. The van der Waals surface area contributed by atoms with Crippen LogP contribution < -0.4 is 0 Å². The van der Waals surface area contributed by atoms with E-state index < -0.39 is 5.82 Å². The highest BCUT2D eigenvalue weighted by Crippen LogP contribution is 2.33. The van der Waals surface area contributed by atoms with Gasteiger partial charge in [0, 0.05) is 31.2 Å². The number of aliphatic hydroxyl groups excluding tert-OH is 1. The van der Waals surface area contributed by atoms with E-state index in [0.717, 1.165) is 25.5 Å². The third kappa shape index (κ3) is 2.82. The molecule has 0 bridgehead atoms. The van der Waals surface area contributed by atoms with Crippen LogP contribution in [0, 0.1) is 18.1 Å². The molecule has 2 rings (SSSR count). The largest absolute Gasteiger partial charge is 0.396 e. The number of nitrogens with zero attached hydrogens (tertiary/aromatic N) is 1. The van der Waals surface area contributed by atoms with Crippen LogP contribution in [-0.4, -0.2) is 29.7 Å². The predicted molar refractivity (Wildman–Crippen MR) is 61.3 cm³/mol. The van der Waals surface area contributed by atoms with Crippen LogP contribution in [0.5, 0.6) is 0 Å². The Hall–Kier alpha value is -1.00. The van der Waals surface area contributed by atoms with Crippen LogP contribution in [0.15, 0.2) is 18.2 Å². The van der Waals surface area contributed by atoms with Gasteiger partial charge in [-0.05, 0) is 37.6 Å². The predicted octanol–water partition coefficient (Wildman–Crippen LogP) is 2.30. The summed E-state index contributed by atoms with van der Waals surface area (Å²) in [7, 11) is 0. The molecule has 0 spiro atoms. The van der Waals surface area contributed by atoms with Crippen molar-refractivity contribution in [1.82, 2.24) is 4.90 Å². The summed E-state index contributed by atoms with van der Waals surface area (Å²) >= 11 is 0. The first-order valence-electron chi connectivity index (χ1n) is 5.84. The summed E-state index contributed by atoms with van der Waals surface area (Å²) in [5.41, 5.74) is 0.425. The van der Waals surface area contributed by atoms with Gasteiger partial charge < -0.3 is 5.11 Å². The molecule has 0 amide bonds. The highest BCUT2D eigenvalue weighted by atomic mass is 19.1. The summed E-state index contributed by atoms with van der Waals surface area (Å²) in [5, 5.41) is 8.77. The molecule has 1 aliphatic heterocycles. The van der Waals surface area contributed by atoms with Crippen molar-refractivity contribution in [3.05, 3.63) is 41.8 Å². The van der Waals surface area contributed by atoms with Gasteiger partial charge >= 0.3 is 0 Å². The van der Waals surface area contributed by atoms with Crippen LogP contribution in [0.2, 0.25) is 0 Å². The minimum absolute atomic E-state index is 0.00878. The number of hydrogen-bond donors (Lipinski definition) is 1. The van der Waals surface area contributed by atoms with Crippen molar-refractivity contribution in [3.63, 3.8) is 0 Å². The highest BCUT2D eigenvalue weighted by Gasteiger charge is 2.27. The normalized spacial score (nSPS) is 21.0. The SMILES string of the molecule is OC[CH]CN1CCC[C@@H]1c1cc(F)ccc1F. The summed E-state index contributed by atoms with van der Waals surface area (Å²) in [6, 6.07) is 3.51. The van der Waals surface area contributed by atoms with Crippen molar-refractivity contribution >= 4 is 0 Å². The van der Waals surface area contributed by atoms with E-state index in [9.17, 15) is 8.78 Å². The Kier molecular flexibility index (Phi) is 4.07. The third-order valence-corrected chi connectivity index (χ3v) is 3.17. The number of halogens is 2. The van der Waals surface area contributed by atoms with Gasteiger partial charge in [0.2, 0.25) is 0 Å². The lowest BCUT2D eigenvalue weighted by molar-refractivity contribution is 0.248. The first-order chi connectivity index (χ1) is 8.22. The second-order valence-corrected chi connectivity index (χ2v) is 4.29. The fourth-order valence-corrected chi connectivity index (χ4v) is 2.39. The van der Waals surface area contributed by atoms with Gasteiger partial charge in [-0.3, -0.25) is 4.90 Å². The molecule has 1 heterocycles. The van der Waals surface area contributed by atoms with Crippen LogP contribution in [0.4, 0.5) is 8.78 Å². The Bertz CT molecular complexity index is 384. The molecule has 1 aromatic carbocycles. The average molecular weight is 240 g/mol. The molecular weight excluding hydrogens is 224 g/mol. The Balaban J connectivity index is 2.16. The van der Waals surface area contributed by atoms with Crippen LogP contribution in [0.3, 0.4) is 0 Å². The first kappa shape index (κ1) is 12.5. The van der Waals surface area contributed by atoms with E-state index in [1.807, 2.05) is 0 Å².